The molecule has 2 N–H and O–H groups in total. The molecule has 0 saturated carbocycles. The van der Waals surface area contributed by atoms with Crippen LogP contribution in [0.15, 0.2) is 29.3 Å². The maximum atomic E-state index is 5.96. The maximum Gasteiger partial charge on any atom is 0.191 e. The highest BCUT2D eigenvalue weighted by atomic mass is 16.5. The summed E-state index contributed by atoms with van der Waals surface area (Å²) in [7, 11) is 3.45. The molecule has 158 valence electrons. The van der Waals surface area contributed by atoms with Gasteiger partial charge in [-0.25, -0.2) is 0 Å². The molecule has 0 aliphatic carbocycles. The monoisotopic (exact) mass is 392 g/mol. The molecular weight excluding hydrogens is 356 g/mol. The fourth-order valence-corrected chi connectivity index (χ4v) is 3.31. The lowest BCUT2D eigenvalue weighted by Crippen LogP contribution is -2.53. The highest BCUT2D eigenvalue weighted by Crippen LogP contribution is 2.19. The van der Waals surface area contributed by atoms with Crippen molar-refractivity contribution in [3.05, 3.63) is 24.3 Å². The molecule has 0 spiro atoms. The maximum absolute atomic E-state index is 5.96. The van der Waals surface area contributed by atoms with E-state index in [4.69, 9.17) is 14.2 Å². The second-order valence-electron chi connectivity index (χ2n) is 7.40. The van der Waals surface area contributed by atoms with E-state index >= 15 is 0 Å². The lowest BCUT2D eigenvalue weighted by molar-refractivity contribution is 0.00751. The molecular formula is C21H36N4O3. The van der Waals surface area contributed by atoms with Crippen molar-refractivity contribution in [2.75, 3.05) is 53.6 Å². The van der Waals surface area contributed by atoms with Crippen LogP contribution in [0.4, 0.5) is 0 Å². The van der Waals surface area contributed by atoms with Crippen LogP contribution in [0.1, 0.15) is 20.8 Å². The standard InChI is InChI=1S/C21H36N4O3/c1-16(2)20(25-9-11-27-12-10-25)15-24-21(22-4)23-14-17(3)28-19-8-6-7-18(13-19)26-5/h6-8,13,16-17,20H,9-12,14-15H2,1-5H3,(H2,22,23,24). The molecule has 1 aromatic rings. The van der Waals surface area contributed by atoms with Gasteiger partial charge in [-0.05, 0) is 25.0 Å². The van der Waals surface area contributed by atoms with E-state index in [-0.39, 0.29) is 6.10 Å². The van der Waals surface area contributed by atoms with Crippen molar-refractivity contribution < 1.29 is 14.2 Å². The van der Waals surface area contributed by atoms with E-state index in [1.54, 1.807) is 14.2 Å². The molecule has 1 fully saturated rings. The van der Waals surface area contributed by atoms with E-state index < -0.39 is 0 Å². The molecule has 0 bridgehead atoms. The minimum absolute atomic E-state index is 0.00852. The molecule has 2 rings (SSSR count). The normalized spacial score (nSPS) is 17.9. The van der Waals surface area contributed by atoms with Gasteiger partial charge in [0.25, 0.3) is 0 Å². The number of morpholine rings is 1. The number of nitrogens with one attached hydrogen (secondary N) is 2. The first kappa shape index (κ1) is 22.3. The zero-order chi connectivity index (χ0) is 20.4. The lowest BCUT2D eigenvalue weighted by Gasteiger charge is -2.37. The third-order valence-electron chi connectivity index (χ3n) is 4.92. The largest absolute Gasteiger partial charge is 0.497 e. The number of rotatable bonds is 9. The predicted molar refractivity (Wildman–Crippen MR) is 113 cm³/mol. The summed E-state index contributed by atoms with van der Waals surface area (Å²) in [5.41, 5.74) is 0. The Morgan fingerprint density at radius 3 is 2.46 bits per heavy atom. The highest BCUT2D eigenvalue weighted by Gasteiger charge is 2.23. The fourth-order valence-electron chi connectivity index (χ4n) is 3.31. The first-order valence-electron chi connectivity index (χ1n) is 10.1. The van der Waals surface area contributed by atoms with Gasteiger partial charge < -0.3 is 24.8 Å². The van der Waals surface area contributed by atoms with Gasteiger partial charge in [-0.2, -0.15) is 0 Å². The number of ether oxygens (including phenoxy) is 3. The van der Waals surface area contributed by atoms with Crippen LogP contribution < -0.4 is 20.1 Å². The molecule has 0 amide bonds. The second-order valence-corrected chi connectivity index (χ2v) is 7.40. The number of hydrogen-bond acceptors (Lipinski definition) is 5. The fraction of sp³-hybridized carbons (Fsp3) is 0.667. The van der Waals surface area contributed by atoms with Crippen molar-refractivity contribution >= 4 is 5.96 Å². The minimum Gasteiger partial charge on any atom is -0.497 e. The van der Waals surface area contributed by atoms with E-state index in [1.165, 1.54) is 0 Å². The van der Waals surface area contributed by atoms with Crippen molar-refractivity contribution in [3.63, 3.8) is 0 Å². The Balaban J connectivity index is 1.79. The smallest absolute Gasteiger partial charge is 0.191 e. The number of nitrogens with zero attached hydrogens (tertiary/aromatic N) is 2. The van der Waals surface area contributed by atoms with Crippen LogP contribution >= 0.6 is 0 Å². The first-order valence-corrected chi connectivity index (χ1v) is 10.1. The molecule has 7 nitrogen and oxygen atoms in total. The van der Waals surface area contributed by atoms with E-state index in [0.717, 1.165) is 50.3 Å². The summed E-state index contributed by atoms with van der Waals surface area (Å²) >= 11 is 0. The Morgan fingerprint density at radius 2 is 1.82 bits per heavy atom. The summed E-state index contributed by atoms with van der Waals surface area (Å²) in [6.45, 7) is 11.7. The number of benzene rings is 1. The van der Waals surface area contributed by atoms with Crippen molar-refractivity contribution in [2.45, 2.75) is 32.9 Å². The van der Waals surface area contributed by atoms with Crippen molar-refractivity contribution in [3.8, 4) is 11.5 Å². The van der Waals surface area contributed by atoms with Crippen LogP contribution in [-0.4, -0.2) is 76.6 Å². The van der Waals surface area contributed by atoms with Gasteiger partial charge in [0.15, 0.2) is 5.96 Å². The van der Waals surface area contributed by atoms with Gasteiger partial charge in [-0.1, -0.05) is 19.9 Å². The predicted octanol–water partition coefficient (Wildman–Crippen LogP) is 1.98. The molecule has 2 atom stereocenters. The Morgan fingerprint density at radius 1 is 1.14 bits per heavy atom. The van der Waals surface area contributed by atoms with Gasteiger partial charge in [0.05, 0.1) is 26.9 Å². The Hall–Kier alpha value is -1.99. The second kappa shape index (κ2) is 11.8. The zero-order valence-corrected chi connectivity index (χ0v) is 17.9. The van der Waals surface area contributed by atoms with Crippen molar-refractivity contribution in [1.82, 2.24) is 15.5 Å². The summed E-state index contributed by atoms with van der Waals surface area (Å²) in [6.07, 6.45) is -0.00852. The molecule has 0 radical (unpaired) electrons. The summed E-state index contributed by atoms with van der Waals surface area (Å²) in [5.74, 6) is 2.93. The van der Waals surface area contributed by atoms with E-state index in [9.17, 15) is 0 Å². The third kappa shape index (κ3) is 7.20. The van der Waals surface area contributed by atoms with Crippen LogP contribution in [0.25, 0.3) is 0 Å². The van der Waals surface area contributed by atoms with Gasteiger partial charge in [-0.15, -0.1) is 0 Å². The summed E-state index contributed by atoms with van der Waals surface area (Å²) in [4.78, 5) is 6.85. The topological polar surface area (TPSA) is 67.4 Å². The zero-order valence-electron chi connectivity index (χ0n) is 17.9. The van der Waals surface area contributed by atoms with Crippen molar-refractivity contribution in [1.29, 1.82) is 0 Å². The Labute approximate surface area is 169 Å². The molecule has 28 heavy (non-hydrogen) atoms. The molecule has 1 aliphatic heterocycles. The van der Waals surface area contributed by atoms with E-state index in [1.807, 2.05) is 31.2 Å². The van der Waals surface area contributed by atoms with Gasteiger partial charge in [-0.3, -0.25) is 9.89 Å². The quantitative estimate of drug-likeness (QED) is 0.495. The van der Waals surface area contributed by atoms with Crippen LogP contribution in [0.5, 0.6) is 11.5 Å². The van der Waals surface area contributed by atoms with Gasteiger partial charge in [0.2, 0.25) is 0 Å². The van der Waals surface area contributed by atoms with Crippen LogP contribution in [0.3, 0.4) is 0 Å². The minimum atomic E-state index is -0.00852. The van der Waals surface area contributed by atoms with E-state index in [2.05, 4.69) is 34.4 Å². The lowest BCUT2D eigenvalue weighted by atomic mass is 10.0. The van der Waals surface area contributed by atoms with Crippen molar-refractivity contribution in [2.24, 2.45) is 10.9 Å². The molecule has 1 heterocycles. The molecule has 2 unspecified atom stereocenters. The SMILES string of the molecule is CN=C(NCC(C)Oc1cccc(OC)c1)NCC(C(C)C)N1CCOCC1. The molecule has 7 heteroatoms. The Bertz CT molecular complexity index is 603. The molecule has 1 saturated heterocycles. The third-order valence-corrected chi connectivity index (χ3v) is 4.92. The van der Waals surface area contributed by atoms with Gasteiger partial charge >= 0.3 is 0 Å². The number of aliphatic imine (C=N–C) groups is 1. The number of methoxy groups -OCH3 is 1. The summed E-state index contributed by atoms with van der Waals surface area (Å²) in [5, 5.41) is 6.82. The average Bonchev–Trinajstić information content (AvgIpc) is 2.71. The van der Waals surface area contributed by atoms with Crippen LogP contribution in [0.2, 0.25) is 0 Å². The first-order chi connectivity index (χ1) is 13.5. The average molecular weight is 393 g/mol. The van der Waals surface area contributed by atoms with Crippen LogP contribution in [-0.2, 0) is 4.74 Å². The van der Waals surface area contributed by atoms with Gasteiger partial charge in [0, 0.05) is 38.8 Å². The summed E-state index contributed by atoms with van der Waals surface area (Å²) < 4.78 is 16.7. The Kier molecular flexibility index (Phi) is 9.37. The number of hydrogen-bond donors (Lipinski definition) is 2. The van der Waals surface area contributed by atoms with E-state index in [0.29, 0.717) is 18.5 Å². The van der Waals surface area contributed by atoms with Crippen LogP contribution in [0, 0.1) is 5.92 Å². The summed E-state index contributed by atoms with van der Waals surface area (Å²) in [6, 6.07) is 8.10. The van der Waals surface area contributed by atoms with Gasteiger partial charge in [0.1, 0.15) is 17.6 Å². The molecule has 1 aliphatic rings. The molecule has 0 aromatic heterocycles. The highest BCUT2D eigenvalue weighted by molar-refractivity contribution is 5.79. The number of guanidine groups is 1. The molecule has 1 aromatic carbocycles.